The van der Waals surface area contributed by atoms with Gasteiger partial charge >= 0.3 is 0 Å². The summed E-state index contributed by atoms with van der Waals surface area (Å²) in [6.45, 7) is 10.9. The third-order valence-corrected chi connectivity index (χ3v) is 3.15. The molecule has 1 N–H and O–H groups in total. The van der Waals surface area contributed by atoms with Crippen molar-refractivity contribution in [2.45, 2.75) is 33.4 Å². The monoisotopic (exact) mass is 243 g/mol. The molecule has 0 aliphatic carbocycles. The van der Waals surface area contributed by atoms with E-state index in [9.17, 15) is 0 Å². The highest BCUT2D eigenvalue weighted by Gasteiger charge is 2.09. The molecule has 0 saturated heterocycles. The molecule has 0 bridgehead atoms. The molecule has 2 rings (SSSR count). The lowest BCUT2D eigenvalue weighted by atomic mass is 10.2. The fraction of sp³-hybridized carbons (Fsp3) is 0.400. The van der Waals surface area contributed by atoms with Crippen LogP contribution in [0.25, 0.3) is 10.9 Å². The first-order valence-corrected chi connectivity index (χ1v) is 6.58. The van der Waals surface area contributed by atoms with E-state index in [2.05, 4.69) is 54.7 Å². The molecule has 0 aliphatic rings. The zero-order valence-electron chi connectivity index (χ0n) is 11.2. The highest BCUT2D eigenvalue weighted by atomic mass is 15.3. The van der Waals surface area contributed by atoms with Gasteiger partial charge in [-0.1, -0.05) is 44.2 Å². The average molecular weight is 243 g/mol. The molecule has 1 heterocycles. The fourth-order valence-electron chi connectivity index (χ4n) is 2.01. The molecule has 0 radical (unpaired) electrons. The number of hydrogen-bond donors (Lipinski definition) is 1. The summed E-state index contributed by atoms with van der Waals surface area (Å²) in [5.41, 5.74) is 3.52. The van der Waals surface area contributed by atoms with E-state index in [1.807, 2.05) is 0 Å². The van der Waals surface area contributed by atoms with Crippen LogP contribution in [0.15, 0.2) is 36.4 Å². The van der Waals surface area contributed by atoms with Gasteiger partial charge in [0.25, 0.3) is 0 Å². The van der Waals surface area contributed by atoms with Crippen LogP contribution >= 0.6 is 0 Å². The third-order valence-electron chi connectivity index (χ3n) is 3.15. The van der Waals surface area contributed by atoms with Crippen molar-refractivity contribution in [2.75, 3.05) is 6.54 Å². The molecule has 3 nitrogen and oxygen atoms in total. The lowest BCUT2D eigenvalue weighted by Gasteiger charge is -2.04. The number of aromatic nitrogens is 2. The minimum Gasteiger partial charge on any atom is -0.311 e. The number of allylic oxidation sites excluding steroid dienone is 1. The molecule has 0 amide bonds. The lowest BCUT2D eigenvalue weighted by Crippen LogP contribution is -2.13. The predicted octanol–water partition coefficient (Wildman–Crippen LogP) is 3.11. The molecule has 0 aliphatic heterocycles. The zero-order chi connectivity index (χ0) is 13.0. The molecule has 3 heteroatoms. The summed E-state index contributed by atoms with van der Waals surface area (Å²) >= 11 is 0. The van der Waals surface area contributed by atoms with Crippen LogP contribution in [0.2, 0.25) is 0 Å². The molecule has 0 fully saturated rings. The number of benzene rings is 1. The minimum absolute atomic E-state index is 0.809. The SMILES string of the molecule is C=C(CC)Cn1nc(CNCC)c2ccccc21. The normalized spacial score (nSPS) is 11.0. The number of nitrogens with zero attached hydrogens (tertiary/aromatic N) is 2. The Hall–Kier alpha value is -1.61. The molecule has 0 unspecified atom stereocenters. The van der Waals surface area contributed by atoms with E-state index in [0.717, 1.165) is 31.7 Å². The van der Waals surface area contributed by atoms with Crippen molar-refractivity contribution in [3.05, 3.63) is 42.1 Å². The van der Waals surface area contributed by atoms with Crippen LogP contribution in [-0.2, 0) is 13.1 Å². The summed E-state index contributed by atoms with van der Waals surface area (Å²) in [6.07, 6.45) is 0.997. The zero-order valence-corrected chi connectivity index (χ0v) is 11.2. The maximum atomic E-state index is 4.71. The Morgan fingerprint density at radius 2 is 2.11 bits per heavy atom. The molecule has 2 aromatic rings. The summed E-state index contributed by atoms with van der Waals surface area (Å²) in [5.74, 6) is 0. The Labute approximate surface area is 109 Å². The maximum absolute atomic E-state index is 4.71. The van der Waals surface area contributed by atoms with E-state index >= 15 is 0 Å². The van der Waals surface area contributed by atoms with Crippen molar-refractivity contribution in [3.8, 4) is 0 Å². The van der Waals surface area contributed by atoms with Gasteiger partial charge in [0.05, 0.1) is 17.8 Å². The minimum atomic E-state index is 0.809. The number of hydrogen-bond acceptors (Lipinski definition) is 2. The van der Waals surface area contributed by atoms with Crippen molar-refractivity contribution in [3.63, 3.8) is 0 Å². The van der Waals surface area contributed by atoms with Crippen molar-refractivity contribution < 1.29 is 0 Å². The van der Waals surface area contributed by atoms with Gasteiger partial charge in [0.2, 0.25) is 0 Å². The standard InChI is InChI=1S/C15H21N3/c1-4-12(3)11-18-15-9-7-6-8-13(15)14(17-18)10-16-5-2/h6-9,16H,3-5,10-11H2,1-2H3. The summed E-state index contributed by atoms with van der Waals surface area (Å²) in [7, 11) is 0. The number of fused-ring (bicyclic) bond motifs is 1. The summed E-state index contributed by atoms with van der Waals surface area (Å²) in [4.78, 5) is 0. The molecule has 18 heavy (non-hydrogen) atoms. The van der Waals surface area contributed by atoms with Crippen LogP contribution in [0.3, 0.4) is 0 Å². The Balaban J connectivity index is 2.37. The second kappa shape index (κ2) is 5.83. The topological polar surface area (TPSA) is 29.9 Å². The number of nitrogens with one attached hydrogen (secondary N) is 1. The van der Waals surface area contributed by atoms with Crippen molar-refractivity contribution >= 4 is 10.9 Å². The molecular weight excluding hydrogens is 222 g/mol. The van der Waals surface area contributed by atoms with Gasteiger partial charge in [-0.05, 0) is 19.0 Å². The van der Waals surface area contributed by atoms with E-state index in [1.54, 1.807) is 0 Å². The van der Waals surface area contributed by atoms with E-state index in [1.165, 1.54) is 16.5 Å². The smallest absolute Gasteiger partial charge is 0.0841 e. The maximum Gasteiger partial charge on any atom is 0.0841 e. The Kier molecular flexibility index (Phi) is 4.15. The first-order chi connectivity index (χ1) is 8.76. The fourth-order valence-corrected chi connectivity index (χ4v) is 2.01. The molecular formula is C15H21N3. The highest BCUT2D eigenvalue weighted by molar-refractivity contribution is 5.82. The Morgan fingerprint density at radius 3 is 2.83 bits per heavy atom. The second-order valence-electron chi connectivity index (χ2n) is 4.51. The van der Waals surface area contributed by atoms with Gasteiger partial charge in [-0.15, -0.1) is 0 Å². The Bertz CT molecular complexity index is 540. The predicted molar refractivity (Wildman–Crippen MR) is 76.5 cm³/mol. The molecule has 0 spiro atoms. The van der Waals surface area contributed by atoms with Crippen molar-refractivity contribution in [1.29, 1.82) is 0 Å². The van der Waals surface area contributed by atoms with E-state index in [4.69, 9.17) is 5.10 Å². The summed E-state index contributed by atoms with van der Waals surface area (Å²) < 4.78 is 2.06. The van der Waals surface area contributed by atoms with Gasteiger partial charge in [0.1, 0.15) is 0 Å². The molecule has 0 saturated carbocycles. The van der Waals surface area contributed by atoms with Crippen LogP contribution < -0.4 is 5.32 Å². The first-order valence-electron chi connectivity index (χ1n) is 6.58. The van der Waals surface area contributed by atoms with Crippen molar-refractivity contribution in [2.24, 2.45) is 0 Å². The van der Waals surface area contributed by atoms with Crippen LogP contribution in [-0.4, -0.2) is 16.3 Å². The van der Waals surface area contributed by atoms with Gasteiger partial charge < -0.3 is 5.32 Å². The van der Waals surface area contributed by atoms with Gasteiger partial charge in [-0.2, -0.15) is 5.10 Å². The average Bonchev–Trinajstić information content (AvgIpc) is 2.75. The highest BCUT2D eigenvalue weighted by Crippen LogP contribution is 2.19. The Morgan fingerprint density at radius 1 is 1.33 bits per heavy atom. The molecule has 1 aromatic carbocycles. The van der Waals surface area contributed by atoms with Gasteiger partial charge in [-0.3, -0.25) is 4.68 Å². The first kappa shape index (κ1) is 12.8. The summed E-state index contributed by atoms with van der Waals surface area (Å²) in [6, 6.07) is 8.39. The van der Waals surface area contributed by atoms with Crippen LogP contribution in [0.5, 0.6) is 0 Å². The van der Waals surface area contributed by atoms with E-state index in [-0.39, 0.29) is 0 Å². The second-order valence-corrected chi connectivity index (χ2v) is 4.51. The number of para-hydroxylation sites is 1. The van der Waals surface area contributed by atoms with Crippen LogP contribution in [0.4, 0.5) is 0 Å². The number of rotatable bonds is 6. The van der Waals surface area contributed by atoms with Gasteiger partial charge in [0.15, 0.2) is 0 Å². The molecule has 0 atom stereocenters. The van der Waals surface area contributed by atoms with Crippen LogP contribution in [0.1, 0.15) is 26.0 Å². The lowest BCUT2D eigenvalue weighted by molar-refractivity contribution is 0.646. The largest absolute Gasteiger partial charge is 0.311 e. The van der Waals surface area contributed by atoms with Crippen molar-refractivity contribution in [1.82, 2.24) is 15.1 Å². The summed E-state index contributed by atoms with van der Waals surface area (Å²) in [5, 5.41) is 9.29. The third kappa shape index (κ3) is 2.62. The van der Waals surface area contributed by atoms with Crippen LogP contribution in [0, 0.1) is 0 Å². The quantitative estimate of drug-likeness (QED) is 0.790. The molecule has 96 valence electrons. The van der Waals surface area contributed by atoms with Gasteiger partial charge in [0, 0.05) is 11.9 Å². The van der Waals surface area contributed by atoms with E-state index in [0.29, 0.717) is 0 Å². The van der Waals surface area contributed by atoms with E-state index < -0.39 is 0 Å². The van der Waals surface area contributed by atoms with Gasteiger partial charge in [-0.25, -0.2) is 0 Å². The molecule has 1 aromatic heterocycles.